The number of aryl methyl sites for hydroxylation is 1. The van der Waals surface area contributed by atoms with Crippen molar-refractivity contribution in [1.82, 2.24) is 5.16 Å². The third-order valence-corrected chi connectivity index (χ3v) is 3.45. The lowest BCUT2D eigenvalue weighted by Crippen LogP contribution is -1.93. The Morgan fingerprint density at radius 1 is 1.24 bits per heavy atom. The van der Waals surface area contributed by atoms with Crippen LogP contribution in [0.2, 0.25) is 5.02 Å². The summed E-state index contributed by atoms with van der Waals surface area (Å²) in [4.78, 5) is 0. The zero-order chi connectivity index (χ0) is 15.0. The Labute approximate surface area is 126 Å². The van der Waals surface area contributed by atoms with Crippen LogP contribution in [-0.4, -0.2) is 12.3 Å². The Morgan fingerprint density at radius 2 is 2.05 bits per heavy atom. The molecular formula is C15H13ClN2O3. The van der Waals surface area contributed by atoms with Gasteiger partial charge in [0.05, 0.1) is 18.9 Å². The highest BCUT2D eigenvalue weighted by molar-refractivity contribution is 6.31. The quantitative estimate of drug-likeness (QED) is 0.786. The number of aromatic nitrogens is 1. The summed E-state index contributed by atoms with van der Waals surface area (Å²) in [7, 11) is 1.58. The van der Waals surface area contributed by atoms with Gasteiger partial charge in [-0.2, -0.15) is 0 Å². The Kier molecular flexibility index (Phi) is 3.35. The molecule has 2 aromatic heterocycles. The zero-order valence-electron chi connectivity index (χ0n) is 11.5. The van der Waals surface area contributed by atoms with E-state index in [0.29, 0.717) is 33.4 Å². The third-order valence-electron chi connectivity index (χ3n) is 3.22. The number of benzene rings is 1. The van der Waals surface area contributed by atoms with Crippen LogP contribution in [0.15, 0.2) is 39.5 Å². The van der Waals surface area contributed by atoms with E-state index in [-0.39, 0.29) is 5.82 Å². The van der Waals surface area contributed by atoms with Gasteiger partial charge in [-0.15, -0.1) is 0 Å². The van der Waals surface area contributed by atoms with Crippen molar-refractivity contribution in [2.75, 3.05) is 12.8 Å². The molecule has 108 valence electrons. The molecule has 0 aliphatic heterocycles. The van der Waals surface area contributed by atoms with Crippen LogP contribution in [0, 0.1) is 6.92 Å². The topological polar surface area (TPSA) is 74.4 Å². The maximum Gasteiger partial charge on any atom is 0.212 e. The molecule has 0 amide bonds. The van der Waals surface area contributed by atoms with Gasteiger partial charge >= 0.3 is 0 Å². The minimum Gasteiger partial charge on any atom is -0.496 e. The molecule has 0 bridgehead atoms. The zero-order valence-corrected chi connectivity index (χ0v) is 12.3. The molecule has 6 heteroatoms. The van der Waals surface area contributed by atoms with E-state index in [4.69, 9.17) is 31.0 Å². The van der Waals surface area contributed by atoms with Gasteiger partial charge in [-0.1, -0.05) is 16.8 Å². The van der Waals surface area contributed by atoms with E-state index >= 15 is 0 Å². The van der Waals surface area contributed by atoms with Gasteiger partial charge in [-0.05, 0) is 36.8 Å². The van der Waals surface area contributed by atoms with Gasteiger partial charge in [0.25, 0.3) is 0 Å². The molecule has 2 heterocycles. The van der Waals surface area contributed by atoms with Crippen LogP contribution >= 0.6 is 11.6 Å². The van der Waals surface area contributed by atoms with E-state index in [1.165, 1.54) is 0 Å². The van der Waals surface area contributed by atoms with Crippen LogP contribution in [0.25, 0.3) is 22.6 Å². The third kappa shape index (κ3) is 2.25. The summed E-state index contributed by atoms with van der Waals surface area (Å²) < 4.78 is 16.2. The van der Waals surface area contributed by atoms with Crippen LogP contribution in [0.5, 0.6) is 5.75 Å². The molecule has 0 fully saturated rings. The van der Waals surface area contributed by atoms with Crippen molar-refractivity contribution in [3.8, 4) is 28.4 Å². The summed E-state index contributed by atoms with van der Waals surface area (Å²) in [5.74, 6) is 1.91. The second-order valence-electron chi connectivity index (χ2n) is 4.55. The molecule has 1 aromatic carbocycles. The lowest BCUT2D eigenvalue weighted by molar-refractivity contribution is 0.415. The Hall–Kier alpha value is -2.40. The first-order valence-electron chi connectivity index (χ1n) is 6.25. The van der Waals surface area contributed by atoms with Gasteiger partial charge in [-0.3, -0.25) is 0 Å². The number of hydrogen-bond donors (Lipinski definition) is 1. The summed E-state index contributed by atoms with van der Waals surface area (Å²) >= 11 is 6.08. The molecule has 3 aromatic rings. The smallest absolute Gasteiger partial charge is 0.212 e. The van der Waals surface area contributed by atoms with Crippen LogP contribution < -0.4 is 10.5 Å². The van der Waals surface area contributed by atoms with Crippen molar-refractivity contribution in [3.63, 3.8) is 0 Å². The predicted molar refractivity (Wildman–Crippen MR) is 80.4 cm³/mol. The molecule has 0 aliphatic rings. The highest BCUT2D eigenvalue weighted by atomic mass is 35.5. The molecule has 21 heavy (non-hydrogen) atoms. The maximum absolute atomic E-state index is 6.08. The predicted octanol–water partition coefficient (Wildman–Crippen LogP) is 4.15. The molecule has 5 nitrogen and oxygen atoms in total. The Bertz CT molecular complexity index is 792. The van der Waals surface area contributed by atoms with Gasteiger partial charge < -0.3 is 19.4 Å². The fraction of sp³-hybridized carbons (Fsp3) is 0.133. The summed E-state index contributed by atoms with van der Waals surface area (Å²) in [6, 6.07) is 7.10. The van der Waals surface area contributed by atoms with Crippen molar-refractivity contribution in [1.29, 1.82) is 0 Å². The van der Waals surface area contributed by atoms with Crippen molar-refractivity contribution < 1.29 is 13.7 Å². The van der Waals surface area contributed by atoms with Gasteiger partial charge in [0, 0.05) is 10.6 Å². The molecule has 0 saturated heterocycles. The number of nitrogens with zero attached hydrogens (tertiary/aromatic N) is 1. The number of anilines is 1. The van der Waals surface area contributed by atoms with E-state index in [1.54, 1.807) is 31.6 Å². The lowest BCUT2D eigenvalue weighted by atomic mass is 10.0. The second-order valence-corrected chi connectivity index (χ2v) is 4.99. The van der Waals surface area contributed by atoms with E-state index in [9.17, 15) is 0 Å². The molecule has 0 spiro atoms. The molecular weight excluding hydrogens is 292 g/mol. The summed E-state index contributed by atoms with van der Waals surface area (Å²) in [6.07, 6.45) is 1.59. The van der Waals surface area contributed by atoms with Crippen LogP contribution in [0.4, 0.5) is 5.82 Å². The Morgan fingerprint density at radius 3 is 2.71 bits per heavy atom. The average molecular weight is 305 g/mol. The average Bonchev–Trinajstić information content (AvgIpc) is 3.04. The monoisotopic (exact) mass is 304 g/mol. The summed E-state index contributed by atoms with van der Waals surface area (Å²) in [5.41, 5.74) is 8.19. The van der Waals surface area contributed by atoms with Crippen LogP contribution in [0.3, 0.4) is 0 Å². The van der Waals surface area contributed by atoms with Gasteiger partial charge in [0.1, 0.15) is 5.75 Å². The van der Waals surface area contributed by atoms with Crippen molar-refractivity contribution >= 4 is 17.4 Å². The van der Waals surface area contributed by atoms with E-state index in [1.807, 2.05) is 13.0 Å². The minimum atomic E-state index is 0.251. The first kappa shape index (κ1) is 13.6. The first-order chi connectivity index (χ1) is 10.1. The number of rotatable bonds is 3. The molecule has 0 saturated carbocycles. The summed E-state index contributed by atoms with van der Waals surface area (Å²) in [5, 5.41) is 4.40. The SMILES string of the molecule is COc1ccc(Cl)cc1-c1c(N)noc1-c1occc1C. The molecule has 0 unspecified atom stereocenters. The maximum atomic E-state index is 6.08. The standard InChI is InChI=1S/C15H13ClN2O3/c1-8-5-6-20-13(8)14-12(15(17)18-21-14)10-7-9(16)3-4-11(10)19-2/h3-7H,1-2H3,(H2,17,18). The fourth-order valence-electron chi connectivity index (χ4n) is 2.20. The molecule has 0 atom stereocenters. The normalized spacial score (nSPS) is 10.8. The molecule has 3 rings (SSSR count). The minimum absolute atomic E-state index is 0.251. The number of hydrogen-bond acceptors (Lipinski definition) is 5. The second kappa shape index (κ2) is 5.18. The number of nitrogens with two attached hydrogens (primary N) is 1. The molecule has 2 N–H and O–H groups in total. The number of ether oxygens (including phenoxy) is 1. The summed E-state index contributed by atoms with van der Waals surface area (Å²) in [6.45, 7) is 1.91. The highest BCUT2D eigenvalue weighted by Crippen LogP contribution is 2.42. The van der Waals surface area contributed by atoms with Gasteiger partial charge in [0.2, 0.25) is 5.76 Å². The van der Waals surface area contributed by atoms with Crippen molar-refractivity contribution in [2.24, 2.45) is 0 Å². The number of halogens is 1. The van der Waals surface area contributed by atoms with Gasteiger partial charge in [-0.25, -0.2) is 0 Å². The van der Waals surface area contributed by atoms with E-state index < -0.39 is 0 Å². The fourth-order valence-corrected chi connectivity index (χ4v) is 2.37. The van der Waals surface area contributed by atoms with Crippen molar-refractivity contribution in [2.45, 2.75) is 6.92 Å². The number of furan rings is 1. The number of nitrogen functional groups attached to an aromatic ring is 1. The first-order valence-corrected chi connectivity index (χ1v) is 6.63. The molecule has 0 radical (unpaired) electrons. The van der Waals surface area contributed by atoms with E-state index in [2.05, 4.69) is 5.16 Å². The van der Waals surface area contributed by atoms with Crippen LogP contribution in [0.1, 0.15) is 5.56 Å². The molecule has 0 aliphatic carbocycles. The largest absolute Gasteiger partial charge is 0.496 e. The number of methoxy groups -OCH3 is 1. The van der Waals surface area contributed by atoms with Crippen molar-refractivity contribution in [3.05, 3.63) is 41.1 Å². The highest BCUT2D eigenvalue weighted by Gasteiger charge is 2.24. The lowest BCUT2D eigenvalue weighted by Gasteiger charge is -2.08. The van der Waals surface area contributed by atoms with Gasteiger partial charge in [0.15, 0.2) is 11.6 Å². The van der Waals surface area contributed by atoms with Crippen LogP contribution in [-0.2, 0) is 0 Å². The van der Waals surface area contributed by atoms with E-state index in [0.717, 1.165) is 5.56 Å². The Balaban J connectivity index is 2.27.